The molecular formula is C39H54N2O8. The predicted octanol–water partition coefficient (Wildman–Crippen LogP) is 4.36. The Kier molecular flexibility index (Phi) is 14.1. The van der Waals surface area contributed by atoms with E-state index in [9.17, 15) is 24.3 Å². The minimum atomic E-state index is -1.49. The Bertz CT molecular complexity index is 1390. The molecule has 2 saturated heterocycles. The number of carbonyl (C=O) groups excluding carboxylic acids is 4. The number of likely N-dealkylation sites (tertiary alicyclic amines) is 1. The molecule has 2 amide bonds. The number of Topliss-reactive ketones (excluding diaryl/α,β-unsaturated/α-hetero) is 2. The first-order chi connectivity index (χ1) is 23.5. The number of benzene rings is 1. The number of hydrogen-bond acceptors (Lipinski definition) is 8. The van der Waals surface area contributed by atoms with E-state index in [0.717, 1.165) is 17.6 Å². The number of carbonyl (C=O) groups is 4. The number of amides is 2. The average Bonchev–Trinajstić information content (AvgIpc) is 3.11. The molecule has 3 aliphatic rings. The third-order valence-electron chi connectivity index (χ3n) is 10.3. The molecule has 2 fully saturated rings. The first-order valence-electron chi connectivity index (χ1n) is 17.6. The van der Waals surface area contributed by atoms with Gasteiger partial charge in [-0.2, -0.15) is 0 Å². The largest absolute Gasteiger partial charge is 0.390 e. The van der Waals surface area contributed by atoms with Crippen molar-refractivity contribution in [1.29, 1.82) is 0 Å². The lowest BCUT2D eigenvalue weighted by atomic mass is 9.75. The van der Waals surface area contributed by atoms with Crippen LogP contribution in [0.25, 0.3) is 0 Å². The van der Waals surface area contributed by atoms with E-state index in [1.54, 1.807) is 14.0 Å². The SMILES string of the molecule is COC1C(=O)[C@@H](C)C[C@H](C)\C=C/C=C/C=C(\C)[C@H](OC)C1[C@@H]1CC(C)[C@@H](O)[C@H](C(=O)C(=O)N2CCCCC2C(=O)NCc2ccccc2)O1. The van der Waals surface area contributed by atoms with Crippen LogP contribution >= 0.6 is 0 Å². The second-order valence-corrected chi connectivity index (χ2v) is 14.0. The second-order valence-electron chi connectivity index (χ2n) is 14.0. The number of nitrogens with one attached hydrogen (secondary N) is 1. The molecule has 2 aliphatic heterocycles. The Hall–Kier alpha value is -3.44. The van der Waals surface area contributed by atoms with Gasteiger partial charge >= 0.3 is 0 Å². The highest BCUT2D eigenvalue weighted by atomic mass is 16.5. The maximum atomic E-state index is 14.1. The maximum Gasteiger partial charge on any atom is 0.293 e. The van der Waals surface area contributed by atoms with Gasteiger partial charge in [-0.15, -0.1) is 0 Å². The van der Waals surface area contributed by atoms with Crippen molar-refractivity contribution in [3.8, 4) is 0 Å². The van der Waals surface area contributed by atoms with E-state index in [2.05, 4.69) is 18.3 Å². The van der Waals surface area contributed by atoms with Crippen LogP contribution in [0.15, 0.2) is 66.3 Å². The highest BCUT2D eigenvalue weighted by molar-refractivity contribution is 6.38. The van der Waals surface area contributed by atoms with E-state index in [1.165, 1.54) is 12.0 Å². The molecule has 0 saturated carbocycles. The molecule has 10 atom stereocenters. The highest BCUT2D eigenvalue weighted by Crippen LogP contribution is 2.38. The van der Waals surface area contributed by atoms with Crippen molar-refractivity contribution in [2.75, 3.05) is 20.8 Å². The average molecular weight is 679 g/mol. The van der Waals surface area contributed by atoms with Gasteiger partial charge in [0.05, 0.1) is 18.3 Å². The zero-order valence-corrected chi connectivity index (χ0v) is 29.7. The minimum Gasteiger partial charge on any atom is -0.390 e. The van der Waals surface area contributed by atoms with Gasteiger partial charge in [-0.1, -0.05) is 81.5 Å². The third kappa shape index (κ3) is 9.42. The molecule has 1 aliphatic carbocycles. The number of nitrogens with zero attached hydrogens (tertiary/aromatic N) is 1. The van der Waals surface area contributed by atoms with E-state index >= 15 is 0 Å². The zero-order valence-electron chi connectivity index (χ0n) is 29.7. The summed E-state index contributed by atoms with van der Waals surface area (Å²) in [4.78, 5) is 56.6. The quantitative estimate of drug-likeness (QED) is 0.388. The molecule has 1 aromatic carbocycles. The zero-order chi connectivity index (χ0) is 35.7. The summed E-state index contributed by atoms with van der Waals surface area (Å²) in [6, 6.07) is 8.65. The van der Waals surface area contributed by atoms with Crippen LogP contribution in [0.1, 0.15) is 65.4 Å². The van der Waals surface area contributed by atoms with Crippen LogP contribution < -0.4 is 5.32 Å². The number of piperidine rings is 1. The summed E-state index contributed by atoms with van der Waals surface area (Å²) in [5, 5.41) is 14.2. The van der Waals surface area contributed by atoms with Gasteiger partial charge in [-0.3, -0.25) is 19.2 Å². The van der Waals surface area contributed by atoms with Gasteiger partial charge in [0.25, 0.3) is 11.7 Å². The molecule has 4 rings (SSSR count). The summed E-state index contributed by atoms with van der Waals surface area (Å²) >= 11 is 0. The summed E-state index contributed by atoms with van der Waals surface area (Å²) in [5.41, 5.74) is 1.75. The summed E-state index contributed by atoms with van der Waals surface area (Å²) in [5.74, 6) is -3.53. The third-order valence-corrected chi connectivity index (χ3v) is 10.3. The fourth-order valence-corrected chi connectivity index (χ4v) is 7.52. The molecule has 268 valence electrons. The van der Waals surface area contributed by atoms with Crippen molar-refractivity contribution in [2.24, 2.45) is 23.7 Å². The van der Waals surface area contributed by atoms with Gasteiger partial charge in [-0.25, -0.2) is 0 Å². The molecule has 2 heterocycles. The van der Waals surface area contributed by atoms with Crippen LogP contribution in [0, 0.1) is 23.7 Å². The van der Waals surface area contributed by atoms with Crippen molar-refractivity contribution in [3.05, 3.63) is 71.8 Å². The molecule has 4 unspecified atom stereocenters. The normalized spacial score (nSPS) is 35.4. The van der Waals surface area contributed by atoms with E-state index in [4.69, 9.17) is 14.2 Å². The number of aliphatic hydroxyl groups is 1. The molecule has 1 aromatic rings. The lowest BCUT2D eigenvalue weighted by Gasteiger charge is -2.45. The first kappa shape index (κ1) is 38.4. The van der Waals surface area contributed by atoms with E-state index in [-0.39, 0.29) is 30.1 Å². The number of methoxy groups -OCH3 is 2. The van der Waals surface area contributed by atoms with Gasteiger partial charge in [-0.05, 0) is 62.0 Å². The number of allylic oxidation sites excluding steroid dienone is 5. The van der Waals surface area contributed by atoms with Gasteiger partial charge in [0, 0.05) is 39.1 Å². The Balaban J connectivity index is 1.61. The topological polar surface area (TPSA) is 131 Å². The van der Waals surface area contributed by atoms with Crippen molar-refractivity contribution in [1.82, 2.24) is 10.2 Å². The van der Waals surface area contributed by atoms with E-state index in [1.807, 2.05) is 68.5 Å². The van der Waals surface area contributed by atoms with Crippen LogP contribution in [0.4, 0.5) is 0 Å². The van der Waals surface area contributed by atoms with Crippen molar-refractivity contribution < 1.29 is 38.5 Å². The standard InChI is InChI=1S/C39H54N2O8/c1-24-15-9-7-10-16-25(2)35(47-5)31(36(48-6)32(42)26(3)21-24)30-22-27(4)33(43)37(49-30)34(44)39(46)41-20-14-13-19-29(41)38(45)40-23-28-17-11-8-12-18-28/h7-12,15-18,24,26-27,29-31,33,35-37,43H,13-14,19-23H2,1-6H3,(H,40,45)/b10-7+,15-9-,25-16+/t24-,26+,27?,29?,30+,31?,33-,35+,36?,37-/m1/s1. The monoisotopic (exact) mass is 678 g/mol. The van der Waals surface area contributed by atoms with Crippen LogP contribution in [0.3, 0.4) is 0 Å². The predicted molar refractivity (Wildman–Crippen MR) is 186 cm³/mol. The fraction of sp³-hybridized carbons (Fsp3) is 0.590. The van der Waals surface area contributed by atoms with Crippen molar-refractivity contribution in [2.45, 2.75) is 103 Å². The maximum absolute atomic E-state index is 14.1. The Labute approximate surface area is 290 Å². The lowest BCUT2D eigenvalue weighted by Crippen LogP contribution is -2.60. The molecule has 10 heteroatoms. The smallest absolute Gasteiger partial charge is 0.293 e. The van der Waals surface area contributed by atoms with Gasteiger partial charge in [0.1, 0.15) is 12.1 Å². The lowest BCUT2D eigenvalue weighted by molar-refractivity contribution is -0.195. The summed E-state index contributed by atoms with van der Waals surface area (Å²) in [6.07, 6.45) is 7.44. The summed E-state index contributed by atoms with van der Waals surface area (Å²) in [6.45, 7) is 8.21. The number of ether oxygens (including phenoxy) is 3. The van der Waals surface area contributed by atoms with Gasteiger partial charge in [0.15, 0.2) is 11.9 Å². The fourth-order valence-electron chi connectivity index (χ4n) is 7.52. The van der Waals surface area contributed by atoms with Gasteiger partial charge < -0.3 is 29.5 Å². The molecule has 0 spiro atoms. The second kappa shape index (κ2) is 18.0. The van der Waals surface area contributed by atoms with Crippen LogP contribution in [-0.4, -0.2) is 90.7 Å². The summed E-state index contributed by atoms with van der Waals surface area (Å²) < 4.78 is 18.4. The molecule has 0 radical (unpaired) electrons. The molecule has 2 N–H and O–H groups in total. The van der Waals surface area contributed by atoms with Crippen LogP contribution in [0.2, 0.25) is 0 Å². The molecule has 10 nitrogen and oxygen atoms in total. The van der Waals surface area contributed by atoms with Gasteiger partial charge in [0.2, 0.25) is 5.91 Å². The van der Waals surface area contributed by atoms with Crippen molar-refractivity contribution >= 4 is 23.4 Å². The summed E-state index contributed by atoms with van der Waals surface area (Å²) in [7, 11) is 3.05. The highest BCUT2D eigenvalue weighted by Gasteiger charge is 2.51. The number of hydrogen-bond donors (Lipinski definition) is 2. The molecule has 49 heavy (non-hydrogen) atoms. The number of aliphatic hydroxyl groups excluding tert-OH is 1. The Morgan fingerprint density at radius 2 is 1.69 bits per heavy atom. The van der Waals surface area contributed by atoms with Crippen LogP contribution in [-0.2, 0) is 39.9 Å². The van der Waals surface area contributed by atoms with Crippen LogP contribution in [0.5, 0.6) is 0 Å². The first-order valence-corrected chi connectivity index (χ1v) is 17.6. The molecule has 0 bridgehead atoms. The van der Waals surface area contributed by atoms with Crippen molar-refractivity contribution in [3.63, 3.8) is 0 Å². The number of ketones is 2. The van der Waals surface area contributed by atoms with E-state index in [0.29, 0.717) is 32.2 Å². The molecule has 0 aromatic heterocycles. The number of rotatable bonds is 8. The molecular weight excluding hydrogens is 624 g/mol. The Morgan fingerprint density at radius 3 is 2.39 bits per heavy atom. The minimum absolute atomic E-state index is 0.103. The van der Waals surface area contributed by atoms with E-state index < -0.39 is 60.1 Å². The Morgan fingerprint density at radius 1 is 0.980 bits per heavy atom.